The van der Waals surface area contributed by atoms with Crippen LogP contribution in [0, 0.1) is 13.8 Å². The van der Waals surface area contributed by atoms with E-state index in [4.69, 9.17) is 30.3 Å². The second-order valence-corrected chi connectivity index (χ2v) is 13.1. The molecule has 5 rings (SSSR count). The van der Waals surface area contributed by atoms with Gasteiger partial charge in [0, 0.05) is 17.2 Å². The van der Waals surface area contributed by atoms with Gasteiger partial charge in [0.1, 0.15) is 11.0 Å². The van der Waals surface area contributed by atoms with Crippen molar-refractivity contribution in [2.75, 3.05) is 13.1 Å². The molecule has 6 heteroatoms. The van der Waals surface area contributed by atoms with Gasteiger partial charge >= 0.3 is 0 Å². The van der Waals surface area contributed by atoms with Gasteiger partial charge in [-0.25, -0.2) is 9.97 Å². The van der Waals surface area contributed by atoms with E-state index in [-0.39, 0.29) is 10.8 Å². The summed E-state index contributed by atoms with van der Waals surface area (Å²) in [5.74, 6) is 1.20. The molecule has 0 aliphatic carbocycles. The lowest BCUT2D eigenvalue weighted by atomic mass is 9.81. The molecule has 3 aromatic carbocycles. The number of aryl methyl sites for hydroxylation is 2. The van der Waals surface area contributed by atoms with Gasteiger partial charge in [0.15, 0.2) is 11.2 Å². The summed E-state index contributed by atoms with van der Waals surface area (Å²) in [5.41, 5.74) is 24.0. The molecule has 0 unspecified atom stereocenters. The van der Waals surface area contributed by atoms with Crippen molar-refractivity contribution in [1.29, 1.82) is 0 Å². The first-order valence-corrected chi connectivity index (χ1v) is 14.2. The van der Waals surface area contributed by atoms with Gasteiger partial charge in [-0.3, -0.25) is 0 Å². The first-order chi connectivity index (χ1) is 18.8. The van der Waals surface area contributed by atoms with Gasteiger partial charge in [-0.05, 0) is 102 Å². The van der Waals surface area contributed by atoms with Crippen molar-refractivity contribution in [2.45, 2.75) is 79.1 Å². The number of nitrogens with two attached hydrogens (primary N) is 2. The number of hydrogen-bond acceptors (Lipinski definition) is 6. The summed E-state index contributed by atoms with van der Waals surface area (Å²) in [6, 6.07) is 12.8. The molecule has 4 N–H and O–H groups in total. The molecule has 0 saturated heterocycles. The van der Waals surface area contributed by atoms with E-state index in [1.165, 1.54) is 27.8 Å². The van der Waals surface area contributed by atoms with E-state index in [9.17, 15) is 0 Å². The quantitative estimate of drug-likeness (QED) is 0.232. The Hall–Kier alpha value is -3.48. The normalized spacial score (nSPS) is 12.7. The molecule has 2 aromatic heterocycles. The second kappa shape index (κ2) is 10.2. The Morgan fingerprint density at radius 1 is 0.600 bits per heavy atom. The van der Waals surface area contributed by atoms with Gasteiger partial charge in [-0.2, -0.15) is 0 Å². The monoisotopic (exact) mass is 538 g/mol. The zero-order valence-corrected chi connectivity index (χ0v) is 25.2. The highest BCUT2D eigenvalue weighted by Gasteiger charge is 2.25. The van der Waals surface area contributed by atoms with Crippen LogP contribution in [0.1, 0.15) is 74.9 Å². The Morgan fingerprint density at radius 3 is 1.70 bits per heavy atom. The molecule has 0 fully saturated rings. The van der Waals surface area contributed by atoms with E-state index in [0.717, 1.165) is 40.6 Å². The van der Waals surface area contributed by atoms with E-state index in [1.54, 1.807) is 0 Å². The van der Waals surface area contributed by atoms with Crippen molar-refractivity contribution in [3.05, 3.63) is 69.8 Å². The van der Waals surface area contributed by atoms with Crippen LogP contribution in [0.5, 0.6) is 0 Å². The van der Waals surface area contributed by atoms with Crippen LogP contribution in [-0.2, 0) is 23.7 Å². The average Bonchev–Trinajstić information content (AvgIpc) is 3.45. The molecular weight excluding hydrogens is 496 g/mol. The molecule has 0 saturated carbocycles. The molecule has 0 aliphatic heterocycles. The predicted octanol–water partition coefficient (Wildman–Crippen LogP) is 7.52. The zero-order chi connectivity index (χ0) is 29.0. The summed E-state index contributed by atoms with van der Waals surface area (Å²) < 4.78 is 12.7. The molecule has 0 amide bonds. The number of fused-ring (bicyclic) bond motifs is 2. The van der Waals surface area contributed by atoms with Gasteiger partial charge in [0.2, 0.25) is 11.8 Å². The smallest absolute Gasteiger partial charge is 0.227 e. The Morgan fingerprint density at radius 2 is 1.15 bits per heavy atom. The van der Waals surface area contributed by atoms with E-state index in [2.05, 4.69) is 79.7 Å². The third-order valence-corrected chi connectivity index (χ3v) is 7.73. The van der Waals surface area contributed by atoms with Crippen LogP contribution in [0.15, 0.2) is 45.2 Å². The van der Waals surface area contributed by atoms with Gasteiger partial charge in [-0.1, -0.05) is 53.7 Å². The van der Waals surface area contributed by atoms with Crippen LogP contribution in [0.25, 0.3) is 45.1 Å². The van der Waals surface area contributed by atoms with E-state index < -0.39 is 0 Å². The molecule has 5 aromatic rings. The predicted molar refractivity (Wildman–Crippen MR) is 165 cm³/mol. The van der Waals surface area contributed by atoms with Crippen molar-refractivity contribution in [3.8, 4) is 22.9 Å². The highest BCUT2D eigenvalue weighted by atomic mass is 16.4. The fourth-order valence-corrected chi connectivity index (χ4v) is 5.69. The van der Waals surface area contributed by atoms with Crippen LogP contribution < -0.4 is 11.5 Å². The molecule has 0 bridgehead atoms. The fraction of sp³-hybridized carbons (Fsp3) is 0.412. The molecular formula is C34H42N4O2. The van der Waals surface area contributed by atoms with Crippen molar-refractivity contribution < 1.29 is 8.83 Å². The highest BCUT2D eigenvalue weighted by Crippen LogP contribution is 2.38. The number of aromatic nitrogens is 2. The second-order valence-electron chi connectivity index (χ2n) is 13.1. The Labute approximate surface area is 237 Å². The largest absolute Gasteiger partial charge is 0.436 e. The topological polar surface area (TPSA) is 104 Å². The lowest BCUT2D eigenvalue weighted by Crippen LogP contribution is -2.14. The number of nitrogens with zero attached hydrogens (tertiary/aromatic N) is 2. The molecule has 210 valence electrons. The number of oxazole rings is 2. The van der Waals surface area contributed by atoms with E-state index in [1.807, 2.05) is 12.1 Å². The maximum Gasteiger partial charge on any atom is 0.227 e. The summed E-state index contributed by atoms with van der Waals surface area (Å²) in [6.45, 7) is 18.8. The standard InChI is InChI=1S/C34H42N4O2/c1-19-14-26(34(6,7)8)24(15-21(19)9-11-35)32-38-28-17-27-29(18-30(28)40-32)39-31(37-27)23-16-25(33(3,4)5)20(2)13-22(23)10-12-36/h13-18H,9-12,35-36H2,1-8H3. The van der Waals surface area contributed by atoms with Crippen molar-refractivity contribution in [3.63, 3.8) is 0 Å². The average molecular weight is 539 g/mol. The van der Waals surface area contributed by atoms with Crippen LogP contribution in [0.2, 0.25) is 0 Å². The van der Waals surface area contributed by atoms with Crippen molar-refractivity contribution in [1.82, 2.24) is 9.97 Å². The Kier molecular flexibility index (Phi) is 7.13. The first kappa shape index (κ1) is 28.1. The molecule has 2 heterocycles. The SMILES string of the molecule is Cc1cc(C(C)(C)C)c(-c2nc3cc4nc(-c5cc(C(C)(C)C)c(C)cc5CCN)oc4cc3o2)cc1CCN. The molecule has 0 radical (unpaired) electrons. The molecule has 40 heavy (non-hydrogen) atoms. The number of hydrogen-bond donors (Lipinski definition) is 2. The van der Waals surface area contributed by atoms with Crippen LogP contribution in [0.4, 0.5) is 0 Å². The van der Waals surface area contributed by atoms with Crippen LogP contribution >= 0.6 is 0 Å². The van der Waals surface area contributed by atoms with Crippen molar-refractivity contribution in [2.24, 2.45) is 11.5 Å². The highest BCUT2D eigenvalue weighted by molar-refractivity contribution is 5.91. The lowest BCUT2D eigenvalue weighted by molar-refractivity contribution is 0.577. The fourth-order valence-electron chi connectivity index (χ4n) is 5.69. The van der Waals surface area contributed by atoms with Crippen LogP contribution in [0.3, 0.4) is 0 Å². The summed E-state index contributed by atoms with van der Waals surface area (Å²) in [4.78, 5) is 9.84. The summed E-state index contributed by atoms with van der Waals surface area (Å²) in [6.07, 6.45) is 1.57. The van der Waals surface area contributed by atoms with Crippen molar-refractivity contribution >= 4 is 22.2 Å². The number of rotatable bonds is 6. The molecule has 0 spiro atoms. The zero-order valence-electron chi connectivity index (χ0n) is 25.2. The third-order valence-electron chi connectivity index (χ3n) is 7.73. The summed E-state index contributed by atoms with van der Waals surface area (Å²) >= 11 is 0. The van der Waals surface area contributed by atoms with Gasteiger partial charge < -0.3 is 20.3 Å². The lowest BCUT2D eigenvalue weighted by Gasteiger charge is -2.23. The molecule has 0 atom stereocenters. The number of benzene rings is 3. The minimum absolute atomic E-state index is 0.00186. The first-order valence-electron chi connectivity index (χ1n) is 14.2. The summed E-state index contributed by atoms with van der Waals surface area (Å²) in [5, 5.41) is 0. The molecule has 0 aliphatic rings. The molecule has 6 nitrogen and oxygen atoms in total. The minimum Gasteiger partial charge on any atom is -0.436 e. The maximum atomic E-state index is 6.38. The summed E-state index contributed by atoms with van der Waals surface area (Å²) in [7, 11) is 0. The third kappa shape index (κ3) is 5.18. The van der Waals surface area contributed by atoms with E-state index >= 15 is 0 Å². The van der Waals surface area contributed by atoms with Gasteiger partial charge in [-0.15, -0.1) is 0 Å². The van der Waals surface area contributed by atoms with Crippen LogP contribution in [-0.4, -0.2) is 23.1 Å². The Bertz CT molecular complexity index is 1660. The van der Waals surface area contributed by atoms with Gasteiger partial charge in [0.05, 0.1) is 0 Å². The Balaban J connectivity index is 1.63. The minimum atomic E-state index is -0.0762. The maximum absolute atomic E-state index is 6.38. The van der Waals surface area contributed by atoms with Gasteiger partial charge in [0.25, 0.3) is 0 Å². The van der Waals surface area contributed by atoms with E-state index in [0.29, 0.717) is 36.0 Å².